The quantitative estimate of drug-likeness (QED) is 0.821. The van der Waals surface area contributed by atoms with E-state index < -0.39 is 0 Å². The highest BCUT2D eigenvalue weighted by molar-refractivity contribution is 5.79. The Hall–Kier alpha value is -2.90. The fourth-order valence-corrected chi connectivity index (χ4v) is 2.69. The number of methoxy groups -OCH3 is 1. The Bertz CT molecular complexity index is 748. The normalized spacial score (nSPS) is 14.5. The van der Waals surface area contributed by atoms with Crippen LogP contribution in [0, 0.1) is 0 Å². The second kappa shape index (κ2) is 7.33. The molecule has 8 nitrogen and oxygen atoms in total. The molecule has 2 aromatic rings. The summed E-state index contributed by atoms with van der Waals surface area (Å²) < 4.78 is 10.3. The molecule has 0 spiro atoms. The Morgan fingerprint density at radius 2 is 1.76 bits per heavy atom. The van der Waals surface area contributed by atoms with Crippen molar-refractivity contribution in [2.75, 3.05) is 33.3 Å². The molecular weight excluding hydrogens is 324 g/mol. The van der Waals surface area contributed by atoms with Crippen LogP contribution in [0.5, 0.6) is 5.75 Å². The van der Waals surface area contributed by atoms with Crippen LogP contribution in [0.15, 0.2) is 28.8 Å². The lowest BCUT2D eigenvalue weighted by Crippen LogP contribution is -2.50. The number of hydrogen-bond donors (Lipinski definition) is 0. The van der Waals surface area contributed by atoms with Crippen molar-refractivity contribution in [3.63, 3.8) is 0 Å². The Kier molecular flexibility index (Phi) is 4.97. The fraction of sp³-hybridized carbons (Fsp3) is 0.412. The van der Waals surface area contributed by atoms with Gasteiger partial charge in [-0.2, -0.15) is 4.98 Å². The van der Waals surface area contributed by atoms with Gasteiger partial charge in [-0.05, 0) is 24.3 Å². The van der Waals surface area contributed by atoms with Gasteiger partial charge in [0.1, 0.15) is 5.75 Å². The van der Waals surface area contributed by atoms with Gasteiger partial charge in [-0.25, -0.2) is 0 Å². The van der Waals surface area contributed by atoms with Gasteiger partial charge in [-0.1, -0.05) is 5.16 Å². The number of hydrogen-bond acceptors (Lipinski definition) is 6. The molecule has 0 atom stereocenters. The summed E-state index contributed by atoms with van der Waals surface area (Å²) in [5, 5.41) is 3.88. The SMILES string of the molecule is COc1ccc(-c2nc(CC(=O)N3CCN(C(C)=O)CC3)no2)cc1. The lowest BCUT2D eigenvalue weighted by Gasteiger charge is -2.34. The van der Waals surface area contributed by atoms with Crippen LogP contribution < -0.4 is 4.74 Å². The van der Waals surface area contributed by atoms with E-state index >= 15 is 0 Å². The van der Waals surface area contributed by atoms with Crippen LogP contribution in [0.25, 0.3) is 11.5 Å². The van der Waals surface area contributed by atoms with Gasteiger partial charge < -0.3 is 19.1 Å². The Morgan fingerprint density at radius 3 is 2.36 bits per heavy atom. The van der Waals surface area contributed by atoms with E-state index in [2.05, 4.69) is 10.1 Å². The summed E-state index contributed by atoms with van der Waals surface area (Å²) in [4.78, 5) is 31.4. The third kappa shape index (κ3) is 3.96. The molecule has 25 heavy (non-hydrogen) atoms. The van der Waals surface area contributed by atoms with Gasteiger partial charge >= 0.3 is 0 Å². The summed E-state index contributed by atoms with van der Waals surface area (Å²) in [6.45, 7) is 3.72. The summed E-state index contributed by atoms with van der Waals surface area (Å²) in [5.74, 6) is 1.43. The molecule has 1 fully saturated rings. The van der Waals surface area contributed by atoms with E-state index in [1.165, 1.54) is 6.92 Å². The first-order valence-corrected chi connectivity index (χ1v) is 8.07. The molecule has 2 amide bonds. The first-order chi connectivity index (χ1) is 12.1. The van der Waals surface area contributed by atoms with Gasteiger partial charge in [0.05, 0.1) is 13.5 Å². The van der Waals surface area contributed by atoms with E-state index in [1.807, 2.05) is 12.1 Å². The van der Waals surface area contributed by atoms with Crippen molar-refractivity contribution in [1.82, 2.24) is 19.9 Å². The van der Waals surface area contributed by atoms with Crippen molar-refractivity contribution < 1.29 is 18.8 Å². The molecule has 2 heterocycles. The molecule has 0 saturated carbocycles. The van der Waals surface area contributed by atoms with Gasteiger partial charge in [0.25, 0.3) is 5.89 Å². The van der Waals surface area contributed by atoms with Gasteiger partial charge in [0.2, 0.25) is 11.8 Å². The van der Waals surface area contributed by atoms with Crippen molar-refractivity contribution in [2.45, 2.75) is 13.3 Å². The molecule has 1 aliphatic heterocycles. The second-order valence-corrected chi connectivity index (χ2v) is 5.81. The zero-order chi connectivity index (χ0) is 17.8. The number of piperazine rings is 1. The summed E-state index contributed by atoms with van der Waals surface area (Å²) in [6, 6.07) is 7.25. The van der Waals surface area contributed by atoms with Crippen LogP contribution in [-0.2, 0) is 16.0 Å². The van der Waals surface area contributed by atoms with Gasteiger partial charge in [-0.3, -0.25) is 9.59 Å². The van der Waals surface area contributed by atoms with E-state index in [0.717, 1.165) is 11.3 Å². The number of benzene rings is 1. The maximum Gasteiger partial charge on any atom is 0.257 e. The number of aromatic nitrogens is 2. The summed E-state index contributed by atoms with van der Waals surface area (Å²) in [7, 11) is 1.60. The molecule has 0 bridgehead atoms. The molecule has 1 aliphatic rings. The van der Waals surface area contributed by atoms with Crippen LogP contribution in [0.4, 0.5) is 0 Å². The van der Waals surface area contributed by atoms with E-state index in [1.54, 1.807) is 29.0 Å². The van der Waals surface area contributed by atoms with Crippen LogP contribution in [0.3, 0.4) is 0 Å². The average molecular weight is 344 g/mol. The van der Waals surface area contributed by atoms with Crippen LogP contribution in [0.2, 0.25) is 0 Å². The van der Waals surface area contributed by atoms with Crippen molar-refractivity contribution >= 4 is 11.8 Å². The Balaban J connectivity index is 1.59. The summed E-state index contributed by atoms with van der Waals surface area (Å²) in [6.07, 6.45) is 0.0831. The standard InChI is InChI=1S/C17H20N4O4/c1-12(22)20-7-9-21(10-8-20)16(23)11-15-18-17(25-19-15)13-3-5-14(24-2)6-4-13/h3-6H,7-11H2,1-2H3. The third-order valence-electron chi connectivity index (χ3n) is 4.19. The zero-order valence-electron chi connectivity index (χ0n) is 14.3. The monoisotopic (exact) mass is 344 g/mol. The van der Waals surface area contributed by atoms with Crippen molar-refractivity contribution in [2.24, 2.45) is 0 Å². The third-order valence-corrected chi connectivity index (χ3v) is 4.19. The van der Waals surface area contributed by atoms with E-state index in [9.17, 15) is 9.59 Å². The fourth-order valence-electron chi connectivity index (χ4n) is 2.69. The highest BCUT2D eigenvalue weighted by Crippen LogP contribution is 2.20. The molecule has 132 valence electrons. The lowest BCUT2D eigenvalue weighted by molar-refractivity contribution is -0.138. The minimum absolute atomic E-state index is 0.0365. The minimum atomic E-state index is -0.0646. The summed E-state index contributed by atoms with van der Waals surface area (Å²) in [5.41, 5.74) is 0.766. The van der Waals surface area contributed by atoms with Crippen LogP contribution in [0.1, 0.15) is 12.7 Å². The van der Waals surface area contributed by atoms with E-state index in [0.29, 0.717) is 37.9 Å². The highest BCUT2D eigenvalue weighted by Gasteiger charge is 2.23. The van der Waals surface area contributed by atoms with Crippen molar-refractivity contribution in [1.29, 1.82) is 0 Å². The maximum absolute atomic E-state index is 12.4. The first kappa shape index (κ1) is 16.9. The molecule has 3 rings (SSSR count). The Morgan fingerprint density at radius 1 is 1.12 bits per heavy atom. The van der Waals surface area contributed by atoms with Crippen molar-refractivity contribution in [3.8, 4) is 17.2 Å². The average Bonchev–Trinajstić information content (AvgIpc) is 3.10. The number of amides is 2. The summed E-state index contributed by atoms with van der Waals surface area (Å²) >= 11 is 0. The van der Waals surface area contributed by atoms with E-state index in [4.69, 9.17) is 9.26 Å². The van der Waals surface area contributed by atoms with Gasteiger partial charge in [0.15, 0.2) is 5.82 Å². The zero-order valence-corrected chi connectivity index (χ0v) is 14.3. The Labute approximate surface area is 145 Å². The number of carbonyl (C=O) groups excluding carboxylic acids is 2. The van der Waals surface area contributed by atoms with Gasteiger partial charge in [0, 0.05) is 38.7 Å². The lowest BCUT2D eigenvalue weighted by atomic mass is 10.2. The van der Waals surface area contributed by atoms with Gasteiger partial charge in [-0.15, -0.1) is 0 Å². The molecule has 0 N–H and O–H groups in total. The predicted molar refractivity (Wildman–Crippen MR) is 88.8 cm³/mol. The highest BCUT2D eigenvalue weighted by atomic mass is 16.5. The van der Waals surface area contributed by atoms with Crippen LogP contribution in [-0.4, -0.2) is 65.0 Å². The van der Waals surface area contributed by atoms with E-state index in [-0.39, 0.29) is 18.2 Å². The number of rotatable bonds is 4. The number of carbonyl (C=O) groups is 2. The molecule has 8 heteroatoms. The molecule has 1 saturated heterocycles. The second-order valence-electron chi connectivity index (χ2n) is 5.81. The topological polar surface area (TPSA) is 88.8 Å². The molecule has 1 aromatic heterocycles. The molecule has 0 aliphatic carbocycles. The smallest absolute Gasteiger partial charge is 0.257 e. The molecule has 1 aromatic carbocycles. The maximum atomic E-state index is 12.4. The number of nitrogens with zero attached hydrogens (tertiary/aromatic N) is 4. The molecule has 0 unspecified atom stereocenters. The van der Waals surface area contributed by atoms with Crippen LogP contribution >= 0.6 is 0 Å². The molecule has 0 radical (unpaired) electrons. The van der Waals surface area contributed by atoms with Crippen molar-refractivity contribution in [3.05, 3.63) is 30.1 Å². The number of ether oxygens (including phenoxy) is 1. The molecular formula is C17H20N4O4. The largest absolute Gasteiger partial charge is 0.497 e. The minimum Gasteiger partial charge on any atom is -0.497 e. The first-order valence-electron chi connectivity index (χ1n) is 8.07. The predicted octanol–water partition coefficient (Wildman–Crippen LogP) is 0.978.